The zero-order valence-electron chi connectivity index (χ0n) is 37.3. The van der Waals surface area contributed by atoms with Crippen molar-refractivity contribution in [3.05, 3.63) is 144 Å². The van der Waals surface area contributed by atoms with Gasteiger partial charge < -0.3 is 64.9 Å². The van der Waals surface area contributed by atoms with Crippen LogP contribution < -0.4 is 79.6 Å². The Morgan fingerprint density at radius 2 is 1.61 bits per heavy atom. The average Bonchev–Trinajstić information content (AvgIpc) is 3.64. The van der Waals surface area contributed by atoms with Gasteiger partial charge in [0.25, 0.3) is 0 Å². The van der Waals surface area contributed by atoms with Crippen molar-refractivity contribution in [2.75, 3.05) is 19.6 Å². The zero-order chi connectivity index (χ0) is 40.0. The second-order valence-corrected chi connectivity index (χ2v) is 14.2. The summed E-state index contributed by atoms with van der Waals surface area (Å²) in [5.41, 5.74) is 5.03. The second kappa shape index (κ2) is 30.5. The van der Waals surface area contributed by atoms with Crippen molar-refractivity contribution in [1.29, 1.82) is 0 Å². The fourth-order valence-corrected chi connectivity index (χ4v) is 6.83. The molecule has 20 heteroatoms. The predicted molar refractivity (Wildman–Crippen MR) is 239 cm³/mol. The molecule has 0 radical (unpaired) electrons. The minimum absolute atomic E-state index is 0. The number of Topliss-reactive ketones (excluding diaryl/α,β-unsaturated/α-hetero) is 1. The third kappa shape index (κ3) is 17.2. The van der Waals surface area contributed by atoms with Gasteiger partial charge in [0.1, 0.15) is 18.0 Å². The van der Waals surface area contributed by atoms with Crippen LogP contribution in [0, 0.1) is 6.92 Å². The molecule has 13 N–H and O–H groups in total. The van der Waals surface area contributed by atoms with Crippen molar-refractivity contribution in [3.8, 4) is 5.75 Å². The molecule has 1 aromatic heterocycles. The molecule has 1 saturated heterocycles. The summed E-state index contributed by atoms with van der Waals surface area (Å²) < 4.78 is 5.19. The van der Waals surface area contributed by atoms with E-state index in [0.29, 0.717) is 17.9 Å². The Bertz CT molecular complexity index is 2130. The van der Waals surface area contributed by atoms with E-state index >= 15 is 0 Å². The van der Waals surface area contributed by atoms with E-state index < -0.39 is 27.3 Å². The Balaban J connectivity index is -0.00000102. The van der Waals surface area contributed by atoms with Crippen LogP contribution >= 0.6 is 21.7 Å². The Hall–Kier alpha value is -3.62. The fraction of sp³-hybridized carbons (Fsp3) is 0.238. The summed E-state index contributed by atoms with van der Waals surface area (Å²) >= 11 is 4.13. The summed E-state index contributed by atoms with van der Waals surface area (Å²) in [6.45, 7) is 8.06. The number of urea groups is 1. The van der Waals surface area contributed by atoms with Crippen LogP contribution in [0.4, 0.5) is 4.79 Å². The van der Waals surface area contributed by atoms with Crippen LogP contribution in [0.15, 0.2) is 121 Å². The molecule has 0 spiro atoms. The summed E-state index contributed by atoms with van der Waals surface area (Å²) in [5.74, 6) is -0.255. The number of H-pyrrole nitrogens is 1. The summed E-state index contributed by atoms with van der Waals surface area (Å²) in [6, 6.07) is 28.6. The number of carbonyl (C=O) groups excluding carboxylic acids is 4. The van der Waals surface area contributed by atoms with Crippen molar-refractivity contribution in [1.82, 2.24) is 30.7 Å². The Morgan fingerprint density at radius 1 is 0.952 bits per heavy atom. The van der Waals surface area contributed by atoms with Crippen LogP contribution in [0.3, 0.4) is 0 Å². The first-order valence-electron chi connectivity index (χ1n) is 18.1. The van der Waals surface area contributed by atoms with Crippen LogP contribution in [0.5, 0.6) is 5.75 Å². The minimum Gasteiger partial charge on any atom is -1.00 e. The molecule has 1 aliphatic rings. The molecule has 0 saturated carbocycles. The van der Waals surface area contributed by atoms with Crippen molar-refractivity contribution in [2.45, 2.75) is 50.5 Å². The standard InChI is InChI=1S/C35H39N6O6P.C7H8S.2Na.4H2O.2H/c1-3-16-36-20-32(43)41-30(17-24-12-14-27(15-13-24)47-48-46)34(44)40(21-26-10-7-11-28-29(23(2)42)19-37-33(26)28)22-31(41)39-35(45)38-18-25-8-5-4-6-9-25;1-6-2-4-7(8)5-3-6;;;;;;;;/h3-15,19,30-31,36-37,46,48H,1,16-18,20-22H2,2H3,(H2,38,39,45);2-5,8H,1H3;;;4*1H2;;/q;;2*+1;;;;;2*-1/t30-,31+;;;;;;;;;/m0........./s1. The SMILES string of the molecule is C=CCNCC(=O)N1[C@@H](NC(=O)NCc2ccccc2)CN(Cc2cccc3c(C(C)=O)c[nH]c23)C(=O)[C@@H]1Cc1ccc(OPO)cc1.Cc1ccc(S)cc1.O.O.O.O.[H-].[H-].[Na+].[Na+]. The van der Waals surface area contributed by atoms with Gasteiger partial charge in [-0.1, -0.05) is 84.4 Å². The van der Waals surface area contributed by atoms with Crippen LogP contribution in [0.2, 0.25) is 0 Å². The van der Waals surface area contributed by atoms with Gasteiger partial charge in [-0.3, -0.25) is 14.4 Å². The van der Waals surface area contributed by atoms with E-state index in [-0.39, 0.29) is 134 Å². The summed E-state index contributed by atoms with van der Waals surface area (Å²) in [5, 5.41) is 9.60. The molecule has 1 aliphatic heterocycles. The number of hydrogen-bond donors (Lipinski definition) is 6. The van der Waals surface area contributed by atoms with Crippen molar-refractivity contribution in [3.63, 3.8) is 0 Å². The monoisotopic (exact) mass is 914 g/mol. The number of aryl methyl sites for hydroxylation is 1. The summed E-state index contributed by atoms with van der Waals surface area (Å²) in [7, 11) is -0.710. The largest absolute Gasteiger partial charge is 1.00 e. The van der Waals surface area contributed by atoms with Crippen molar-refractivity contribution < 1.29 is 112 Å². The first kappa shape index (κ1) is 60.5. The van der Waals surface area contributed by atoms with Gasteiger partial charge in [-0.25, -0.2) is 4.79 Å². The first-order valence-corrected chi connectivity index (χ1v) is 19.4. The number of carbonyl (C=O) groups is 4. The predicted octanol–water partition coefficient (Wildman–Crippen LogP) is -3.15. The number of nitrogens with zero attached hydrogens (tertiary/aromatic N) is 2. The van der Waals surface area contributed by atoms with E-state index in [1.165, 1.54) is 17.4 Å². The van der Waals surface area contributed by atoms with E-state index in [4.69, 9.17) is 9.42 Å². The maximum absolute atomic E-state index is 14.4. The Kier molecular flexibility index (Phi) is 29.7. The molecule has 16 nitrogen and oxygen atoms in total. The third-order valence-corrected chi connectivity index (χ3v) is 9.83. The van der Waals surface area contributed by atoms with Crippen LogP contribution in [0.25, 0.3) is 10.9 Å². The van der Waals surface area contributed by atoms with Crippen molar-refractivity contribution >= 4 is 56.2 Å². The number of benzene rings is 4. The van der Waals surface area contributed by atoms with Gasteiger partial charge in [0.05, 0.1) is 18.6 Å². The van der Waals surface area contributed by atoms with Gasteiger partial charge in [-0.2, -0.15) is 0 Å². The van der Waals surface area contributed by atoms with Crippen LogP contribution in [-0.4, -0.2) is 97.1 Å². The number of rotatable bonds is 14. The number of para-hydroxylation sites is 1. The first-order chi connectivity index (χ1) is 27.1. The van der Waals surface area contributed by atoms with Gasteiger partial charge in [0.15, 0.2) is 5.78 Å². The molecule has 3 atom stereocenters. The van der Waals surface area contributed by atoms with Crippen LogP contribution in [-0.2, 0) is 29.1 Å². The molecule has 0 aliphatic carbocycles. The van der Waals surface area contributed by atoms with Gasteiger partial charge in [0, 0.05) is 48.1 Å². The maximum Gasteiger partial charge on any atom is 1.00 e. The smallest absolute Gasteiger partial charge is 1.00 e. The van der Waals surface area contributed by atoms with Gasteiger partial charge in [-0.15, -0.1) is 19.2 Å². The normalized spacial score (nSPS) is 13.8. The van der Waals surface area contributed by atoms with Crippen molar-refractivity contribution in [2.24, 2.45) is 0 Å². The molecule has 328 valence electrons. The average molecular weight is 915 g/mol. The number of ketones is 1. The van der Waals surface area contributed by atoms with Crippen LogP contribution in [0.1, 0.15) is 42.4 Å². The Labute approximate surface area is 415 Å². The number of thiol groups is 1. The number of aromatic amines is 1. The van der Waals surface area contributed by atoms with Gasteiger partial charge in [0.2, 0.25) is 20.8 Å². The Morgan fingerprint density at radius 3 is 2.21 bits per heavy atom. The molecule has 2 heterocycles. The number of fused-ring (bicyclic) bond motifs is 1. The molecule has 62 heavy (non-hydrogen) atoms. The van der Waals surface area contributed by atoms with E-state index in [2.05, 4.69) is 47.1 Å². The summed E-state index contributed by atoms with van der Waals surface area (Å²) in [4.78, 5) is 70.2. The molecule has 6 rings (SSSR count). The maximum atomic E-state index is 14.4. The zero-order valence-corrected chi connectivity index (χ0v) is 41.2. The van der Waals surface area contributed by atoms with E-state index in [1.54, 1.807) is 41.4 Å². The number of aromatic nitrogens is 1. The second-order valence-electron chi connectivity index (χ2n) is 13.3. The van der Waals surface area contributed by atoms with E-state index in [0.717, 1.165) is 32.5 Å². The minimum atomic E-state index is -0.960. The van der Waals surface area contributed by atoms with E-state index in [1.807, 2.05) is 72.8 Å². The molecule has 1 unspecified atom stereocenters. The molecule has 4 amide bonds. The molecule has 5 aromatic rings. The number of hydrogen-bond acceptors (Lipinski definition) is 8. The molecule has 0 bridgehead atoms. The quantitative estimate of drug-likeness (QED) is 0.0166. The van der Waals surface area contributed by atoms with E-state index in [9.17, 15) is 19.2 Å². The van der Waals surface area contributed by atoms with Gasteiger partial charge in [-0.05, 0) is 54.8 Å². The molecule has 1 fully saturated rings. The number of piperazine rings is 1. The number of amides is 4. The fourth-order valence-electron chi connectivity index (χ4n) is 6.44. The molecular formula is C42H57N6Na2O10PS. The summed E-state index contributed by atoms with van der Waals surface area (Å²) in [6.07, 6.45) is 2.60. The molecule has 4 aromatic carbocycles. The topological polar surface area (TPSA) is 282 Å². The molecular weight excluding hydrogens is 858 g/mol. The van der Waals surface area contributed by atoms with Gasteiger partial charge >= 0.3 is 65.1 Å². The number of nitrogens with one attached hydrogen (secondary N) is 4. The third-order valence-electron chi connectivity index (χ3n) is 9.20.